The second-order valence-corrected chi connectivity index (χ2v) is 6.88. The number of hydrogen-bond donors (Lipinski definition) is 0. The van der Waals surface area contributed by atoms with Crippen LogP contribution in [0.5, 0.6) is 0 Å². The molecule has 0 saturated heterocycles. The minimum Gasteiger partial charge on any atom is -0.307 e. The summed E-state index contributed by atoms with van der Waals surface area (Å²) < 4.78 is 0. The number of benzene rings is 1. The standard InChI is InChI=1S/C17H24ClNO/c1-12-7-8-15-14(10-12)13(2)11-17(3,4)19(15)16(20)6-5-9-18/h7-8,10,13H,5-6,9,11H2,1-4H3/t13-/m0/s1. The number of aryl methyl sites for hydroxylation is 1. The van der Waals surface area contributed by atoms with Crippen molar-refractivity contribution < 1.29 is 4.79 Å². The van der Waals surface area contributed by atoms with Crippen molar-refractivity contribution in [1.82, 2.24) is 0 Å². The molecule has 1 aliphatic rings. The lowest BCUT2D eigenvalue weighted by Crippen LogP contribution is -2.51. The van der Waals surface area contributed by atoms with Gasteiger partial charge in [0.05, 0.1) is 0 Å². The SMILES string of the molecule is Cc1ccc2c(c1)[C@@H](C)CC(C)(C)N2C(=O)CCCCl. The molecule has 0 N–H and O–H groups in total. The molecule has 0 unspecified atom stereocenters. The van der Waals surface area contributed by atoms with Gasteiger partial charge in [0.1, 0.15) is 0 Å². The van der Waals surface area contributed by atoms with E-state index in [0.29, 0.717) is 18.2 Å². The predicted octanol–water partition coefficient (Wildman–Crippen LogP) is 4.63. The summed E-state index contributed by atoms with van der Waals surface area (Å²) in [4.78, 5) is 14.6. The molecule has 0 aliphatic carbocycles. The molecule has 0 bridgehead atoms. The van der Waals surface area contributed by atoms with Gasteiger partial charge in [-0.15, -0.1) is 11.6 Å². The minimum absolute atomic E-state index is 0.134. The number of anilines is 1. The van der Waals surface area contributed by atoms with Gasteiger partial charge in [0.15, 0.2) is 0 Å². The Kier molecular flexibility index (Phi) is 4.43. The summed E-state index contributed by atoms with van der Waals surface area (Å²) in [5.74, 6) is 1.21. The van der Waals surface area contributed by atoms with E-state index >= 15 is 0 Å². The number of halogens is 1. The van der Waals surface area contributed by atoms with Crippen molar-refractivity contribution in [3.8, 4) is 0 Å². The molecule has 0 fully saturated rings. The van der Waals surface area contributed by atoms with E-state index in [1.807, 2.05) is 4.90 Å². The Morgan fingerprint density at radius 1 is 1.45 bits per heavy atom. The van der Waals surface area contributed by atoms with Crippen LogP contribution in [0.2, 0.25) is 0 Å². The zero-order valence-corrected chi connectivity index (χ0v) is 13.6. The van der Waals surface area contributed by atoms with E-state index in [4.69, 9.17) is 11.6 Å². The first kappa shape index (κ1) is 15.4. The molecule has 1 aromatic carbocycles. The molecule has 3 heteroatoms. The van der Waals surface area contributed by atoms with Gasteiger partial charge in [-0.25, -0.2) is 0 Å². The van der Waals surface area contributed by atoms with Crippen molar-refractivity contribution in [2.24, 2.45) is 0 Å². The summed E-state index contributed by atoms with van der Waals surface area (Å²) in [5, 5.41) is 0. The van der Waals surface area contributed by atoms with Crippen LogP contribution in [0.1, 0.15) is 57.1 Å². The normalized spacial score (nSPS) is 20.6. The van der Waals surface area contributed by atoms with Crippen molar-refractivity contribution in [2.75, 3.05) is 10.8 Å². The van der Waals surface area contributed by atoms with E-state index < -0.39 is 0 Å². The van der Waals surface area contributed by atoms with Crippen LogP contribution in [0.15, 0.2) is 18.2 Å². The summed E-state index contributed by atoms with van der Waals surface area (Å²) in [5.41, 5.74) is 3.50. The third-order valence-electron chi connectivity index (χ3n) is 4.14. The smallest absolute Gasteiger partial charge is 0.227 e. The molecule has 1 aliphatic heterocycles. The molecule has 0 aromatic heterocycles. The van der Waals surface area contributed by atoms with E-state index in [0.717, 1.165) is 18.5 Å². The molecule has 0 spiro atoms. The lowest BCUT2D eigenvalue weighted by atomic mass is 9.79. The zero-order valence-electron chi connectivity index (χ0n) is 12.9. The third kappa shape index (κ3) is 2.85. The zero-order chi connectivity index (χ0) is 14.9. The maximum atomic E-state index is 12.6. The summed E-state index contributed by atoms with van der Waals surface area (Å²) in [7, 11) is 0. The number of amides is 1. The number of alkyl halides is 1. The van der Waals surface area contributed by atoms with Gasteiger partial charge in [-0.05, 0) is 51.2 Å². The second kappa shape index (κ2) is 5.77. The summed E-state index contributed by atoms with van der Waals surface area (Å²) >= 11 is 5.73. The van der Waals surface area contributed by atoms with Gasteiger partial charge in [0.25, 0.3) is 0 Å². The Labute approximate surface area is 127 Å². The molecule has 0 saturated carbocycles. The first-order chi connectivity index (χ1) is 9.36. The van der Waals surface area contributed by atoms with E-state index in [1.54, 1.807) is 0 Å². The van der Waals surface area contributed by atoms with Gasteiger partial charge >= 0.3 is 0 Å². The fourth-order valence-corrected chi connectivity index (χ4v) is 3.48. The molecule has 0 radical (unpaired) electrons. The molecule has 2 nitrogen and oxygen atoms in total. The minimum atomic E-state index is -0.134. The molecule has 1 amide bonds. The van der Waals surface area contributed by atoms with Crippen LogP contribution < -0.4 is 4.90 Å². The Morgan fingerprint density at radius 3 is 2.80 bits per heavy atom. The number of hydrogen-bond acceptors (Lipinski definition) is 1. The summed E-state index contributed by atoms with van der Waals surface area (Å²) in [6.45, 7) is 8.67. The molecule has 2 rings (SSSR count). The fourth-order valence-electron chi connectivity index (χ4n) is 3.35. The lowest BCUT2D eigenvalue weighted by Gasteiger charge is -2.46. The van der Waals surface area contributed by atoms with Gasteiger partial charge in [-0.3, -0.25) is 4.79 Å². The highest BCUT2D eigenvalue weighted by Crippen LogP contribution is 2.43. The second-order valence-electron chi connectivity index (χ2n) is 6.50. The number of nitrogens with zero attached hydrogens (tertiary/aromatic N) is 1. The average molecular weight is 294 g/mol. The molecule has 110 valence electrons. The summed E-state index contributed by atoms with van der Waals surface area (Å²) in [6, 6.07) is 6.41. The number of rotatable bonds is 3. The number of fused-ring (bicyclic) bond motifs is 1. The van der Waals surface area contributed by atoms with Crippen LogP contribution in [-0.4, -0.2) is 17.3 Å². The lowest BCUT2D eigenvalue weighted by molar-refractivity contribution is -0.119. The van der Waals surface area contributed by atoms with Crippen LogP contribution in [-0.2, 0) is 4.79 Å². The Morgan fingerprint density at radius 2 is 2.15 bits per heavy atom. The van der Waals surface area contributed by atoms with Gasteiger partial charge in [0, 0.05) is 23.5 Å². The van der Waals surface area contributed by atoms with Crippen LogP contribution >= 0.6 is 11.6 Å². The maximum Gasteiger partial charge on any atom is 0.227 e. The highest BCUT2D eigenvalue weighted by molar-refractivity contribution is 6.18. The quantitative estimate of drug-likeness (QED) is 0.744. The first-order valence-electron chi connectivity index (χ1n) is 7.36. The third-order valence-corrected chi connectivity index (χ3v) is 4.41. The van der Waals surface area contributed by atoms with Crippen molar-refractivity contribution in [3.63, 3.8) is 0 Å². The fraction of sp³-hybridized carbons (Fsp3) is 0.588. The highest BCUT2D eigenvalue weighted by Gasteiger charge is 2.39. The average Bonchev–Trinajstić information content (AvgIpc) is 2.36. The van der Waals surface area contributed by atoms with Gasteiger partial charge in [0.2, 0.25) is 5.91 Å². The highest BCUT2D eigenvalue weighted by atomic mass is 35.5. The van der Waals surface area contributed by atoms with Crippen LogP contribution in [0.4, 0.5) is 5.69 Å². The van der Waals surface area contributed by atoms with Crippen LogP contribution in [0, 0.1) is 6.92 Å². The van der Waals surface area contributed by atoms with Gasteiger partial charge < -0.3 is 4.90 Å². The first-order valence-corrected chi connectivity index (χ1v) is 7.90. The van der Waals surface area contributed by atoms with Crippen LogP contribution in [0.25, 0.3) is 0 Å². The van der Waals surface area contributed by atoms with Crippen molar-refractivity contribution in [3.05, 3.63) is 29.3 Å². The monoisotopic (exact) mass is 293 g/mol. The topological polar surface area (TPSA) is 20.3 Å². The summed E-state index contributed by atoms with van der Waals surface area (Å²) in [6.07, 6.45) is 2.26. The van der Waals surface area contributed by atoms with E-state index in [2.05, 4.69) is 45.9 Å². The number of carbonyl (C=O) groups excluding carboxylic acids is 1. The molecule has 1 atom stereocenters. The maximum absolute atomic E-state index is 12.6. The number of carbonyl (C=O) groups is 1. The molecule has 20 heavy (non-hydrogen) atoms. The molecule has 1 heterocycles. The van der Waals surface area contributed by atoms with E-state index in [9.17, 15) is 4.79 Å². The van der Waals surface area contributed by atoms with Crippen molar-refractivity contribution in [2.45, 2.75) is 58.4 Å². The molecular formula is C17H24ClNO. The largest absolute Gasteiger partial charge is 0.307 e. The Hall–Kier alpha value is -1.02. The molecule has 1 aromatic rings. The van der Waals surface area contributed by atoms with Crippen molar-refractivity contribution in [1.29, 1.82) is 0 Å². The van der Waals surface area contributed by atoms with E-state index in [1.165, 1.54) is 11.1 Å². The molecular weight excluding hydrogens is 270 g/mol. The Bertz CT molecular complexity index is 510. The predicted molar refractivity (Wildman–Crippen MR) is 85.7 cm³/mol. The van der Waals surface area contributed by atoms with Gasteiger partial charge in [-0.1, -0.05) is 24.6 Å². The Balaban J connectivity index is 2.43. The van der Waals surface area contributed by atoms with Crippen LogP contribution in [0.3, 0.4) is 0 Å². The van der Waals surface area contributed by atoms with Gasteiger partial charge in [-0.2, -0.15) is 0 Å². The van der Waals surface area contributed by atoms with Crippen molar-refractivity contribution >= 4 is 23.2 Å². The van der Waals surface area contributed by atoms with E-state index in [-0.39, 0.29) is 11.4 Å².